The number of carbonyl (C=O) groups is 1. The summed E-state index contributed by atoms with van der Waals surface area (Å²) in [6, 6.07) is 13.8. The van der Waals surface area contributed by atoms with Crippen LogP contribution in [0.25, 0.3) is 21.6 Å². The summed E-state index contributed by atoms with van der Waals surface area (Å²) in [5.41, 5.74) is -0.0530. The number of non-ortho nitro benzene ring substituents is 2. The number of unbranched alkanes of at least 4 members (excludes halogenated alkanes) is 1. The number of nitro groups is 3. The van der Waals surface area contributed by atoms with E-state index in [-0.39, 0.29) is 34.4 Å². The van der Waals surface area contributed by atoms with Gasteiger partial charge in [0.25, 0.3) is 17.1 Å². The SMILES string of the molecule is CCCCOC(=O)c1cc([N+](=O)[O-])cc2c1-c1c(cc([N+](=O)[O-])cc1[N+](=O)[O-])C2=C1C=C(c2ccccc2)SS1. The van der Waals surface area contributed by atoms with E-state index in [9.17, 15) is 35.1 Å². The molecule has 0 saturated heterocycles. The fraction of sp³-hybridized carbons (Fsp3) is 0.148. The summed E-state index contributed by atoms with van der Waals surface area (Å²) in [5.74, 6) is -0.868. The first-order valence-corrected chi connectivity index (χ1v) is 14.2. The summed E-state index contributed by atoms with van der Waals surface area (Å²) in [4.78, 5) is 48.4. The Morgan fingerprint density at radius 1 is 0.850 bits per heavy atom. The maximum atomic E-state index is 13.2. The van der Waals surface area contributed by atoms with Gasteiger partial charge in [0.05, 0.1) is 38.6 Å². The minimum Gasteiger partial charge on any atom is -0.462 e. The molecule has 0 bridgehead atoms. The van der Waals surface area contributed by atoms with Crippen LogP contribution in [0.3, 0.4) is 0 Å². The van der Waals surface area contributed by atoms with Gasteiger partial charge < -0.3 is 4.74 Å². The van der Waals surface area contributed by atoms with E-state index in [1.54, 1.807) is 0 Å². The molecule has 0 radical (unpaired) electrons. The molecule has 1 heterocycles. The van der Waals surface area contributed by atoms with Crippen LogP contribution in [0, 0.1) is 30.3 Å². The summed E-state index contributed by atoms with van der Waals surface area (Å²) in [5, 5.41) is 35.9. The van der Waals surface area contributed by atoms with Crippen LogP contribution in [0.4, 0.5) is 17.1 Å². The Kier molecular flexibility index (Phi) is 7.41. The highest BCUT2D eigenvalue weighted by molar-refractivity contribution is 8.82. The van der Waals surface area contributed by atoms with Crippen LogP contribution in [0.5, 0.6) is 0 Å². The minimum absolute atomic E-state index is 0.0161. The van der Waals surface area contributed by atoms with Gasteiger partial charge in [-0.05, 0) is 23.6 Å². The lowest BCUT2D eigenvalue weighted by Crippen LogP contribution is -2.09. The second-order valence-corrected chi connectivity index (χ2v) is 11.1. The Labute approximate surface area is 234 Å². The van der Waals surface area contributed by atoms with Gasteiger partial charge >= 0.3 is 5.97 Å². The molecule has 0 saturated carbocycles. The first-order chi connectivity index (χ1) is 19.2. The predicted octanol–water partition coefficient (Wildman–Crippen LogP) is 7.54. The standard InChI is InChI=1S/C27H19N3O8S2/c1-2-3-9-38-27(31)20-12-16(28(32)33)10-18-24(23-14-22(39-40-23)15-7-5-4-6-8-15)19-11-17(29(34)35)13-21(30(36)37)26(19)25(18)20/h4-8,10-14H,2-3,9H2,1H3. The molecule has 0 fully saturated rings. The lowest BCUT2D eigenvalue weighted by Gasteiger charge is -2.10. The van der Waals surface area contributed by atoms with Gasteiger partial charge in [-0.15, -0.1) is 0 Å². The van der Waals surface area contributed by atoms with Gasteiger partial charge in [0.1, 0.15) is 0 Å². The van der Waals surface area contributed by atoms with Crippen molar-refractivity contribution >= 4 is 55.1 Å². The number of nitro benzene ring substituents is 3. The predicted molar refractivity (Wildman–Crippen MR) is 153 cm³/mol. The third kappa shape index (κ3) is 4.84. The quantitative estimate of drug-likeness (QED) is 0.0673. The fourth-order valence-electron chi connectivity index (χ4n) is 4.58. The van der Waals surface area contributed by atoms with Crippen LogP contribution < -0.4 is 0 Å². The molecule has 3 aromatic carbocycles. The zero-order chi connectivity index (χ0) is 28.6. The van der Waals surface area contributed by atoms with Crippen molar-refractivity contribution in [2.45, 2.75) is 19.8 Å². The van der Waals surface area contributed by atoms with E-state index in [0.717, 1.165) is 29.0 Å². The summed E-state index contributed by atoms with van der Waals surface area (Å²) in [7, 11) is 2.74. The zero-order valence-corrected chi connectivity index (χ0v) is 22.5. The van der Waals surface area contributed by atoms with Crippen LogP contribution in [0.2, 0.25) is 0 Å². The molecule has 0 spiro atoms. The van der Waals surface area contributed by atoms with Crippen molar-refractivity contribution in [1.29, 1.82) is 0 Å². The Hall–Kier alpha value is -4.49. The zero-order valence-electron chi connectivity index (χ0n) is 20.8. The van der Waals surface area contributed by atoms with Crippen LogP contribution in [-0.2, 0) is 4.74 Å². The normalized spacial score (nSPS) is 15.3. The number of carbonyl (C=O) groups excluding carboxylic acids is 1. The average Bonchev–Trinajstić information content (AvgIpc) is 3.55. The van der Waals surface area contributed by atoms with Gasteiger partial charge in [0, 0.05) is 44.7 Å². The van der Waals surface area contributed by atoms with E-state index in [2.05, 4.69) is 0 Å². The summed E-state index contributed by atoms with van der Waals surface area (Å²) in [6.07, 6.45) is 3.13. The first-order valence-electron chi connectivity index (χ1n) is 12.0. The number of rotatable bonds is 8. The second-order valence-electron chi connectivity index (χ2n) is 8.84. The van der Waals surface area contributed by atoms with Gasteiger partial charge in [-0.25, -0.2) is 4.79 Å². The molecule has 0 N–H and O–H groups in total. The van der Waals surface area contributed by atoms with Crippen molar-refractivity contribution in [2.75, 3.05) is 6.61 Å². The van der Waals surface area contributed by atoms with Gasteiger partial charge in [0.15, 0.2) is 0 Å². The minimum atomic E-state index is -0.868. The van der Waals surface area contributed by atoms with E-state index in [1.807, 2.05) is 43.3 Å². The van der Waals surface area contributed by atoms with E-state index in [0.29, 0.717) is 16.9 Å². The third-order valence-electron chi connectivity index (χ3n) is 6.37. The van der Waals surface area contributed by atoms with E-state index >= 15 is 0 Å². The van der Waals surface area contributed by atoms with E-state index < -0.39 is 37.8 Å². The molecule has 3 aromatic rings. The van der Waals surface area contributed by atoms with Crippen molar-refractivity contribution in [3.63, 3.8) is 0 Å². The molecule has 13 heteroatoms. The number of hydrogen-bond donors (Lipinski definition) is 0. The Balaban J connectivity index is 1.85. The maximum absolute atomic E-state index is 13.2. The number of benzene rings is 3. The average molecular weight is 578 g/mol. The number of ether oxygens (including phenoxy) is 1. The Bertz CT molecular complexity index is 1670. The van der Waals surface area contributed by atoms with Crippen molar-refractivity contribution in [3.05, 3.63) is 118 Å². The van der Waals surface area contributed by atoms with Crippen molar-refractivity contribution in [1.82, 2.24) is 0 Å². The monoisotopic (exact) mass is 577 g/mol. The highest BCUT2D eigenvalue weighted by Gasteiger charge is 2.40. The van der Waals surface area contributed by atoms with Gasteiger partial charge in [-0.3, -0.25) is 30.3 Å². The lowest BCUT2D eigenvalue weighted by atomic mass is 9.97. The number of nitrogens with zero attached hydrogens (tertiary/aromatic N) is 3. The molecule has 0 amide bonds. The molecule has 2 aliphatic rings. The van der Waals surface area contributed by atoms with Crippen LogP contribution in [0.1, 0.15) is 46.8 Å². The fourth-order valence-corrected chi connectivity index (χ4v) is 7.07. The lowest BCUT2D eigenvalue weighted by molar-refractivity contribution is -0.393. The number of esters is 1. The molecule has 0 unspecified atom stereocenters. The smallest absolute Gasteiger partial charge is 0.339 e. The van der Waals surface area contributed by atoms with E-state index in [4.69, 9.17) is 4.74 Å². The molecule has 5 rings (SSSR count). The van der Waals surface area contributed by atoms with Crippen molar-refractivity contribution < 1.29 is 24.3 Å². The molecule has 11 nitrogen and oxygen atoms in total. The van der Waals surface area contributed by atoms with Crippen LogP contribution in [0.15, 0.2) is 65.6 Å². The topological polar surface area (TPSA) is 156 Å². The molecular weight excluding hydrogens is 558 g/mol. The molecule has 0 atom stereocenters. The number of hydrogen-bond acceptors (Lipinski definition) is 10. The van der Waals surface area contributed by atoms with Crippen molar-refractivity contribution in [2.24, 2.45) is 0 Å². The highest BCUT2D eigenvalue weighted by Crippen LogP contribution is 2.59. The van der Waals surface area contributed by atoms with Gasteiger partial charge in [-0.2, -0.15) is 0 Å². The molecule has 1 aliphatic heterocycles. The molecule has 40 heavy (non-hydrogen) atoms. The van der Waals surface area contributed by atoms with Gasteiger partial charge in [0.2, 0.25) is 0 Å². The maximum Gasteiger partial charge on any atom is 0.339 e. The summed E-state index contributed by atoms with van der Waals surface area (Å²) >= 11 is 0. The van der Waals surface area contributed by atoms with E-state index in [1.165, 1.54) is 33.7 Å². The summed E-state index contributed by atoms with van der Waals surface area (Å²) in [6.45, 7) is 1.96. The second kappa shape index (κ2) is 10.9. The number of fused-ring (bicyclic) bond motifs is 3. The highest BCUT2D eigenvalue weighted by atomic mass is 33.1. The summed E-state index contributed by atoms with van der Waals surface area (Å²) < 4.78 is 5.36. The van der Waals surface area contributed by atoms with Gasteiger partial charge in [-0.1, -0.05) is 65.3 Å². The van der Waals surface area contributed by atoms with Crippen molar-refractivity contribution in [3.8, 4) is 11.1 Å². The number of allylic oxidation sites excluding steroid dienone is 1. The third-order valence-corrected chi connectivity index (χ3v) is 8.82. The largest absolute Gasteiger partial charge is 0.462 e. The van der Waals surface area contributed by atoms with Crippen LogP contribution >= 0.6 is 21.6 Å². The molecule has 0 aromatic heterocycles. The molecule has 1 aliphatic carbocycles. The first kappa shape index (κ1) is 27.1. The Morgan fingerprint density at radius 2 is 1.50 bits per heavy atom. The molecule has 202 valence electrons. The molecular formula is C27H19N3O8S2. The van der Waals surface area contributed by atoms with Crippen LogP contribution in [-0.4, -0.2) is 27.3 Å². The Morgan fingerprint density at radius 3 is 2.12 bits per heavy atom.